The topological polar surface area (TPSA) is 69.3 Å². The Morgan fingerprint density at radius 1 is 1.15 bits per heavy atom. The van der Waals surface area contributed by atoms with Crippen LogP contribution in [0.4, 0.5) is 5.69 Å². The highest BCUT2D eigenvalue weighted by atomic mass is 32.1. The van der Waals surface area contributed by atoms with Gasteiger partial charge in [-0.05, 0) is 54.0 Å². The van der Waals surface area contributed by atoms with E-state index in [9.17, 15) is 4.79 Å². The fourth-order valence-electron chi connectivity index (χ4n) is 4.43. The van der Waals surface area contributed by atoms with Crippen LogP contribution in [0, 0.1) is 0 Å². The summed E-state index contributed by atoms with van der Waals surface area (Å²) in [6.45, 7) is 2.72. The van der Waals surface area contributed by atoms with E-state index in [0.717, 1.165) is 56.5 Å². The van der Waals surface area contributed by atoms with Crippen molar-refractivity contribution in [1.29, 1.82) is 0 Å². The summed E-state index contributed by atoms with van der Waals surface area (Å²) in [4.78, 5) is 18.8. The van der Waals surface area contributed by atoms with E-state index >= 15 is 0 Å². The van der Waals surface area contributed by atoms with Crippen LogP contribution in [0.15, 0.2) is 78.1 Å². The predicted octanol–water partition coefficient (Wildman–Crippen LogP) is 4.67. The number of hydrogen-bond donors (Lipinski definition) is 3. The van der Waals surface area contributed by atoms with Gasteiger partial charge in [-0.25, -0.2) is 4.98 Å². The van der Waals surface area contributed by atoms with E-state index in [4.69, 9.17) is 0 Å². The summed E-state index contributed by atoms with van der Waals surface area (Å²) in [7, 11) is 0. The molecule has 4 heterocycles. The monoisotopic (exact) mass is 453 g/mol. The molecule has 164 valence electrons. The normalized spacial score (nSPS) is 18.3. The number of hydrogen-bond acceptors (Lipinski definition) is 6. The van der Waals surface area contributed by atoms with Gasteiger partial charge in [-0.1, -0.05) is 25.1 Å². The first-order valence-electron chi connectivity index (χ1n) is 11.1. The number of thiazole rings is 1. The van der Waals surface area contributed by atoms with Crippen LogP contribution in [0.5, 0.6) is 0 Å². The number of benzene rings is 2. The summed E-state index contributed by atoms with van der Waals surface area (Å²) in [5.41, 5.74) is 8.27. The Kier molecular flexibility index (Phi) is 4.77. The number of nitrogens with zero attached hydrogens (tertiary/aromatic N) is 2. The highest BCUT2D eigenvalue weighted by molar-refractivity contribution is 7.09. The first-order valence-corrected chi connectivity index (χ1v) is 11.9. The van der Waals surface area contributed by atoms with E-state index in [-0.39, 0.29) is 12.1 Å². The third-order valence-electron chi connectivity index (χ3n) is 6.17. The first-order chi connectivity index (χ1) is 16.2. The number of anilines is 1. The number of carbonyl (C=O) groups is 1. The Morgan fingerprint density at radius 3 is 2.82 bits per heavy atom. The highest BCUT2D eigenvalue weighted by Crippen LogP contribution is 2.33. The number of rotatable bonds is 5. The Labute approximate surface area is 196 Å². The molecular weight excluding hydrogens is 430 g/mol. The first kappa shape index (κ1) is 19.8. The van der Waals surface area contributed by atoms with Gasteiger partial charge in [0.2, 0.25) is 0 Å². The van der Waals surface area contributed by atoms with E-state index in [1.54, 1.807) is 11.3 Å². The number of amides is 1. The summed E-state index contributed by atoms with van der Waals surface area (Å²) in [6, 6.07) is 14.5. The van der Waals surface area contributed by atoms with Gasteiger partial charge >= 0.3 is 0 Å². The third-order valence-corrected chi connectivity index (χ3v) is 7.16. The molecule has 3 aromatic rings. The van der Waals surface area contributed by atoms with E-state index in [1.807, 2.05) is 18.3 Å². The average Bonchev–Trinajstić information content (AvgIpc) is 3.60. The molecule has 3 N–H and O–H groups in total. The van der Waals surface area contributed by atoms with Gasteiger partial charge < -0.3 is 20.9 Å². The second-order valence-corrected chi connectivity index (χ2v) is 9.15. The fourth-order valence-corrected chi connectivity index (χ4v) is 5.18. The maximum atomic E-state index is 11.9. The molecule has 6 nitrogen and oxygen atoms in total. The standard InChI is InChI=1S/C26H23N5OS/c1-2-24-30-22(15-33-24)16-3-6-19(7-4-16)29-21-9-10-23(31-12-11-27-25(21)31)17-5-8-20-18(13-17)14-28-26(20)32/h3-13,15,25,27,29H,2,14H2,1H3,(H,28,32). The van der Waals surface area contributed by atoms with Gasteiger partial charge in [0.05, 0.1) is 22.1 Å². The van der Waals surface area contributed by atoms with E-state index < -0.39 is 0 Å². The van der Waals surface area contributed by atoms with Crippen LogP contribution >= 0.6 is 11.3 Å². The summed E-state index contributed by atoms with van der Waals surface area (Å²) < 4.78 is 0. The van der Waals surface area contributed by atoms with Crippen molar-refractivity contribution in [2.45, 2.75) is 26.1 Å². The van der Waals surface area contributed by atoms with Crippen LogP contribution in [-0.4, -0.2) is 22.0 Å². The van der Waals surface area contributed by atoms with Gasteiger partial charge in [-0.15, -0.1) is 11.3 Å². The Bertz CT molecular complexity index is 1330. The average molecular weight is 454 g/mol. The van der Waals surface area contributed by atoms with E-state index in [1.165, 1.54) is 0 Å². The quantitative estimate of drug-likeness (QED) is 0.524. The molecule has 33 heavy (non-hydrogen) atoms. The third kappa shape index (κ3) is 3.50. The minimum absolute atomic E-state index is 0.00719. The minimum atomic E-state index is -0.0108. The Hall–Kier alpha value is -3.84. The Morgan fingerprint density at radius 2 is 2.00 bits per heavy atom. The van der Waals surface area contributed by atoms with Gasteiger partial charge in [-0.2, -0.15) is 0 Å². The molecule has 0 spiro atoms. The lowest BCUT2D eigenvalue weighted by molar-refractivity contribution is 0.0965. The number of carbonyl (C=O) groups excluding carboxylic acids is 1. The molecule has 1 atom stereocenters. The van der Waals surface area contributed by atoms with Crippen LogP contribution in [-0.2, 0) is 13.0 Å². The van der Waals surface area contributed by atoms with Gasteiger partial charge in [0, 0.05) is 41.1 Å². The van der Waals surface area contributed by atoms with E-state index in [2.05, 4.69) is 86.8 Å². The highest BCUT2D eigenvalue weighted by Gasteiger charge is 2.30. The molecule has 3 aliphatic rings. The summed E-state index contributed by atoms with van der Waals surface area (Å²) in [5.74, 6) is 0.00719. The maximum absolute atomic E-state index is 11.9. The van der Waals surface area contributed by atoms with Crippen molar-refractivity contribution in [3.05, 3.63) is 99.8 Å². The van der Waals surface area contributed by atoms with Crippen molar-refractivity contribution in [2.75, 3.05) is 5.32 Å². The fraction of sp³-hybridized carbons (Fsp3) is 0.154. The van der Waals surface area contributed by atoms with Gasteiger partial charge in [-0.3, -0.25) is 4.79 Å². The largest absolute Gasteiger partial charge is 0.365 e. The van der Waals surface area contributed by atoms with Crippen molar-refractivity contribution in [3.8, 4) is 11.3 Å². The zero-order valence-electron chi connectivity index (χ0n) is 18.1. The molecule has 0 fully saturated rings. The van der Waals surface area contributed by atoms with Crippen molar-refractivity contribution in [3.63, 3.8) is 0 Å². The molecule has 1 amide bonds. The molecule has 0 saturated heterocycles. The Balaban J connectivity index is 1.25. The number of aromatic nitrogens is 1. The molecule has 0 bridgehead atoms. The molecule has 7 heteroatoms. The SMILES string of the molecule is CCc1nc(-c2ccc(NC3=CC=C(c4ccc5c(c4)CNC5=O)N4C=CNC34)cc2)cs1. The van der Waals surface area contributed by atoms with Crippen LogP contribution in [0.25, 0.3) is 17.0 Å². The molecule has 1 aromatic heterocycles. The van der Waals surface area contributed by atoms with Crippen molar-refractivity contribution in [1.82, 2.24) is 20.5 Å². The molecular formula is C26H23N5OS. The van der Waals surface area contributed by atoms with Gasteiger partial charge in [0.25, 0.3) is 5.91 Å². The second kappa shape index (κ2) is 7.94. The van der Waals surface area contributed by atoms with Gasteiger partial charge in [0.15, 0.2) is 0 Å². The summed E-state index contributed by atoms with van der Waals surface area (Å²) in [5, 5.41) is 13.2. The zero-order valence-corrected chi connectivity index (χ0v) is 18.9. The summed E-state index contributed by atoms with van der Waals surface area (Å²) in [6.07, 6.45) is 9.22. The molecule has 0 saturated carbocycles. The van der Waals surface area contributed by atoms with Crippen molar-refractivity contribution >= 4 is 28.6 Å². The van der Waals surface area contributed by atoms with E-state index in [0.29, 0.717) is 6.54 Å². The van der Waals surface area contributed by atoms with Crippen LogP contribution < -0.4 is 16.0 Å². The number of aryl methyl sites for hydroxylation is 1. The van der Waals surface area contributed by atoms with Crippen molar-refractivity contribution < 1.29 is 4.79 Å². The molecule has 0 aliphatic carbocycles. The molecule has 6 rings (SSSR count). The summed E-state index contributed by atoms with van der Waals surface area (Å²) >= 11 is 1.71. The number of fused-ring (bicyclic) bond motifs is 2. The number of nitrogens with one attached hydrogen (secondary N) is 3. The lowest BCUT2D eigenvalue weighted by Crippen LogP contribution is -2.40. The minimum Gasteiger partial charge on any atom is -0.365 e. The van der Waals surface area contributed by atoms with Gasteiger partial charge in [0.1, 0.15) is 6.17 Å². The number of allylic oxidation sites excluding steroid dienone is 2. The molecule has 2 aromatic carbocycles. The van der Waals surface area contributed by atoms with Crippen molar-refractivity contribution in [2.24, 2.45) is 0 Å². The maximum Gasteiger partial charge on any atom is 0.251 e. The smallest absolute Gasteiger partial charge is 0.251 e. The predicted molar refractivity (Wildman–Crippen MR) is 132 cm³/mol. The van der Waals surface area contributed by atoms with Crippen LogP contribution in [0.3, 0.4) is 0 Å². The zero-order chi connectivity index (χ0) is 22.4. The second-order valence-electron chi connectivity index (χ2n) is 8.20. The van der Waals surface area contributed by atoms with Crippen LogP contribution in [0.2, 0.25) is 0 Å². The molecule has 0 radical (unpaired) electrons. The lowest BCUT2D eigenvalue weighted by atomic mass is 10.0. The molecule has 1 unspecified atom stereocenters. The van der Waals surface area contributed by atoms with Crippen LogP contribution in [0.1, 0.15) is 33.4 Å². The molecule has 3 aliphatic heterocycles. The lowest BCUT2D eigenvalue weighted by Gasteiger charge is -2.33.